The molecule has 0 atom stereocenters. The third-order valence-electron chi connectivity index (χ3n) is 3.94. The number of aromatic nitrogens is 1. The minimum atomic E-state index is -0.315. The first-order chi connectivity index (χ1) is 13.1. The van der Waals surface area contributed by atoms with Gasteiger partial charge in [-0.25, -0.2) is 4.79 Å². The summed E-state index contributed by atoms with van der Waals surface area (Å²) in [7, 11) is 0. The van der Waals surface area contributed by atoms with Gasteiger partial charge in [0.05, 0.1) is 13.2 Å². The summed E-state index contributed by atoms with van der Waals surface area (Å²) in [5.41, 5.74) is 3.88. The van der Waals surface area contributed by atoms with Crippen LogP contribution >= 0.6 is 0 Å². The maximum Gasteiger partial charge on any atom is 0.333 e. The highest BCUT2D eigenvalue weighted by Gasteiger charge is 2.01. The van der Waals surface area contributed by atoms with E-state index in [2.05, 4.69) is 48.0 Å². The van der Waals surface area contributed by atoms with E-state index in [-0.39, 0.29) is 5.97 Å². The van der Waals surface area contributed by atoms with E-state index in [4.69, 9.17) is 9.47 Å². The number of nitrogens with zero attached hydrogens (tertiary/aromatic N) is 1. The second kappa shape index (κ2) is 11.8. The maximum absolute atomic E-state index is 11.2. The molecule has 0 saturated heterocycles. The van der Waals surface area contributed by atoms with E-state index < -0.39 is 0 Å². The molecular formula is C23H27NO3. The van der Waals surface area contributed by atoms with E-state index in [9.17, 15) is 4.79 Å². The Kier molecular flexibility index (Phi) is 9.01. The van der Waals surface area contributed by atoms with Crippen molar-refractivity contribution in [2.45, 2.75) is 32.8 Å². The van der Waals surface area contributed by atoms with Crippen LogP contribution in [0.1, 0.15) is 42.9 Å². The van der Waals surface area contributed by atoms with Crippen molar-refractivity contribution in [1.29, 1.82) is 0 Å². The van der Waals surface area contributed by atoms with Crippen molar-refractivity contribution in [2.24, 2.45) is 0 Å². The Morgan fingerprint density at radius 1 is 0.963 bits per heavy atom. The Hall–Kier alpha value is -2.72. The lowest BCUT2D eigenvalue weighted by Crippen LogP contribution is -2.06. The number of hydrogen-bond donors (Lipinski definition) is 0. The van der Waals surface area contributed by atoms with E-state index in [0.29, 0.717) is 25.4 Å². The molecule has 4 nitrogen and oxygen atoms in total. The van der Waals surface area contributed by atoms with Gasteiger partial charge in [0.15, 0.2) is 0 Å². The minimum absolute atomic E-state index is 0.315. The van der Waals surface area contributed by atoms with Crippen LogP contribution in [0.5, 0.6) is 0 Å². The Balaban J connectivity index is 1.58. The fourth-order valence-corrected chi connectivity index (χ4v) is 2.35. The van der Waals surface area contributed by atoms with Crippen LogP contribution in [0, 0.1) is 0 Å². The molecule has 0 saturated carbocycles. The molecule has 0 fully saturated rings. The molecule has 0 bridgehead atoms. The van der Waals surface area contributed by atoms with Gasteiger partial charge in [-0.2, -0.15) is 0 Å². The van der Waals surface area contributed by atoms with Crippen LogP contribution in [-0.2, 0) is 20.9 Å². The van der Waals surface area contributed by atoms with Gasteiger partial charge in [-0.1, -0.05) is 43.0 Å². The lowest BCUT2D eigenvalue weighted by Gasteiger charge is -2.06. The van der Waals surface area contributed by atoms with Crippen LogP contribution in [0.15, 0.2) is 60.9 Å². The summed E-state index contributed by atoms with van der Waals surface area (Å²) >= 11 is 0. The molecule has 1 heterocycles. The summed E-state index contributed by atoms with van der Waals surface area (Å²) < 4.78 is 10.8. The number of carbonyl (C=O) groups excluding carboxylic acids is 1. The highest BCUT2D eigenvalue weighted by molar-refractivity contribution is 5.86. The average molecular weight is 365 g/mol. The number of pyridine rings is 1. The monoisotopic (exact) mass is 365 g/mol. The third-order valence-corrected chi connectivity index (χ3v) is 3.94. The summed E-state index contributed by atoms with van der Waals surface area (Å²) in [6, 6.07) is 12.3. The van der Waals surface area contributed by atoms with Crippen molar-refractivity contribution >= 4 is 18.1 Å². The lowest BCUT2D eigenvalue weighted by molar-refractivity contribution is -0.139. The molecular weight excluding hydrogens is 338 g/mol. The molecule has 2 rings (SSSR count). The van der Waals surface area contributed by atoms with Crippen molar-refractivity contribution < 1.29 is 14.3 Å². The van der Waals surface area contributed by atoms with Gasteiger partial charge in [0.1, 0.15) is 0 Å². The molecule has 0 spiro atoms. The largest absolute Gasteiger partial charge is 0.462 e. The fraction of sp³-hybridized carbons (Fsp3) is 0.304. The number of hydrogen-bond acceptors (Lipinski definition) is 4. The van der Waals surface area contributed by atoms with E-state index in [1.54, 1.807) is 19.3 Å². The van der Waals surface area contributed by atoms with Crippen LogP contribution in [0.25, 0.3) is 12.2 Å². The molecule has 0 aliphatic heterocycles. The molecule has 4 heteroatoms. The number of benzene rings is 1. The number of unbranched alkanes of at least 4 members (excludes halogenated alkanes) is 2. The van der Waals surface area contributed by atoms with Crippen molar-refractivity contribution in [3.05, 3.63) is 77.6 Å². The minimum Gasteiger partial charge on any atom is -0.462 e. The molecule has 0 N–H and O–H groups in total. The topological polar surface area (TPSA) is 48.4 Å². The molecule has 0 unspecified atom stereocenters. The summed E-state index contributed by atoms with van der Waals surface area (Å²) in [6.45, 7) is 6.97. The molecule has 142 valence electrons. The van der Waals surface area contributed by atoms with Gasteiger partial charge >= 0.3 is 5.97 Å². The summed E-state index contributed by atoms with van der Waals surface area (Å²) in [5.74, 6) is -0.315. The highest BCUT2D eigenvalue weighted by Crippen LogP contribution is 2.10. The summed E-state index contributed by atoms with van der Waals surface area (Å²) in [5, 5.41) is 0. The van der Waals surface area contributed by atoms with Gasteiger partial charge in [0.25, 0.3) is 0 Å². The van der Waals surface area contributed by atoms with Crippen LogP contribution in [0.4, 0.5) is 0 Å². The Morgan fingerprint density at radius 3 is 2.26 bits per heavy atom. The van der Waals surface area contributed by atoms with Gasteiger partial charge in [0.2, 0.25) is 0 Å². The van der Waals surface area contributed by atoms with E-state index >= 15 is 0 Å². The number of ether oxygens (including phenoxy) is 2. The Bertz CT molecular complexity index is 736. The molecule has 1 aromatic carbocycles. The molecule has 0 aliphatic carbocycles. The first-order valence-electron chi connectivity index (χ1n) is 9.22. The average Bonchev–Trinajstić information content (AvgIpc) is 2.69. The number of esters is 1. The molecule has 0 amide bonds. The zero-order valence-electron chi connectivity index (χ0n) is 15.9. The van der Waals surface area contributed by atoms with Crippen molar-refractivity contribution in [3.8, 4) is 0 Å². The van der Waals surface area contributed by atoms with Gasteiger partial charge < -0.3 is 9.47 Å². The Labute approximate surface area is 161 Å². The van der Waals surface area contributed by atoms with Crippen molar-refractivity contribution in [3.63, 3.8) is 0 Å². The lowest BCUT2D eigenvalue weighted by atomic mass is 10.1. The van der Waals surface area contributed by atoms with E-state index in [1.807, 2.05) is 12.1 Å². The predicted molar refractivity (Wildman–Crippen MR) is 109 cm³/mol. The van der Waals surface area contributed by atoms with Gasteiger partial charge in [0, 0.05) is 24.6 Å². The quantitative estimate of drug-likeness (QED) is 0.317. The third kappa shape index (κ3) is 8.47. The summed E-state index contributed by atoms with van der Waals surface area (Å²) in [4.78, 5) is 15.2. The standard InChI is InChI=1S/C23H27NO3/c1-19(2)23(25)27-17-5-3-4-16-26-18-22-10-8-20(9-11-22)6-7-21-12-14-24-15-13-21/h6-15H,1,3-5,16-18H2,2H3. The van der Waals surface area contributed by atoms with Crippen LogP contribution < -0.4 is 0 Å². The second-order valence-corrected chi connectivity index (χ2v) is 6.38. The smallest absolute Gasteiger partial charge is 0.333 e. The first kappa shape index (κ1) is 20.6. The van der Waals surface area contributed by atoms with Gasteiger partial charge in [-0.05, 0) is 55.0 Å². The molecule has 0 aliphatic rings. The zero-order chi connectivity index (χ0) is 19.3. The normalized spacial score (nSPS) is 10.9. The van der Waals surface area contributed by atoms with Crippen LogP contribution in [-0.4, -0.2) is 24.2 Å². The van der Waals surface area contributed by atoms with Gasteiger partial charge in [-0.15, -0.1) is 0 Å². The first-order valence-corrected chi connectivity index (χ1v) is 9.22. The molecule has 1 aromatic heterocycles. The second-order valence-electron chi connectivity index (χ2n) is 6.38. The van der Waals surface area contributed by atoms with E-state index in [0.717, 1.165) is 36.0 Å². The van der Waals surface area contributed by atoms with Crippen molar-refractivity contribution in [1.82, 2.24) is 4.98 Å². The predicted octanol–water partition coefficient (Wildman–Crippen LogP) is 5.06. The zero-order valence-corrected chi connectivity index (χ0v) is 15.9. The maximum atomic E-state index is 11.2. The van der Waals surface area contributed by atoms with Gasteiger partial charge in [-0.3, -0.25) is 4.98 Å². The number of rotatable bonds is 11. The number of carbonyl (C=O) groups is 1. The van der Waals surface area contributed by atoms with Crippen LogP contribution in [0.2, 0.25) is 0 Å². The molecule has 0 radical (unpaired) electrons. The highest BCUT2D eigenvalue weighted by atomic mass is 16.5. The SMILES string of the molecule is C=C(C)C(=O)OCCCCCOCc1ccc(C=Cc2ccncc2)cc1. The molecule has 2 aromatic rings. The van der Waals surface area contributed by atoms with E-state index in [1.165, 1.54) is 0 Å². The van der Waals surface area contributed by atoms with Crippen molar-refractivity contribution in [2.75, 3.05) is 13.2 Å². The molecule has 27 heavy (non-hydrogen) atoms. The van der Waals surface area contributed by atoms with Crippen LogP contribution in [0.3, 0.4) is 0 Å². The fourth-order valence-electron chi connectivity index (χ4n) is 2.35. The summed E-state index contributed by atoms with van der Waals surface area (Å²) in [6.07, 6.45) is 10.5. The Morgan fingerprint density at radius 2 is 1.59 bits per heavy atom.